The first-order valence-corrected chi connectivity index (χ1v) is 7.46. The smallest absolute Gasteiger partial charge is 0.146 e. The van der Waals surface area contributed by atoms with Gasteiger partial charge in [0.25, 0.3) is 0 Å². The van der Waals surface area contributed by atoms with Crippen LogP contribution >= 0.6 is 0 Å². The van der Waals surface area contributed by atoms with Crippen molar-refractivity contribution >= 4 is 5.82 Å². The number of hydrogen-bond acceptors (Lipinski definition) is 4. The fourth-order valence-electron chi connectivity index (χ4n) is 2.78. The number of nitrogens with one attached hydrogen (secondary N) is 1. The molecule has 1 aliphatic heterocycles. The number of anilines is 1. The van der Waals surface area contributed by atoms with Crippen molar-refractivity contribution in [2.75, 3.05) is 24.5 Å². The van der Waals surface area contributed by atoms with Crippen molar-refractivity contribution in [3.05, 3.63) is 23.4 Å². The van der Waals surface area contributed by atoms with Gasteiger partial charge in [0.15, 0.2) is 0 Å². The average Bonchev–Trinajstić information content (AvgIpc) is 2.45. The summed E-state index contributed by atoms with van der Waals surface area (Å²) in [7, 11) is 0. The molecule has 1 fully saturated rings. The minimum Gasteiger partial charge on any atom is -0.353 e. The molecule has 0 spiro atoms. The molecule has 4 heteroatoms. The van der Waals surface area contributed by atoms with E-state index >= 15 is 0 Å². The van der Waals surface area contributed by atoms with E-state index in [1.54, 1.807) is 0 Å². The van der Waals surface area contributed by atoms with Crippen LogP contribution in [0.1, 0.15) is 37.8 Å². The van der Waals surface area contributed by atoms with E-state index < -0.39 is 0 Å². The zero-order chi connectivity index (χ0) is 14.5. The molecule has 0 aromatic carbocycles. The van der Waals surface area contributed by atoms with Crippen LogP contribution in [0.3, 0.4) is 0 Å². The zero-order valence-corrected chi connectivity index (χ0v) is 12.7. The molecule has 1 N–H and O–H groups in total. The SMILES string of the molecule is Cc1ccnc(N(CC2CCNCC2)C(C)C)c1C#N. The molecule has 0 amide bonds. The molecule has 108 valence electrons. The first-order chi connectivity index (χ1) is 9.63. The molecular formula is C16H24N4. The van der Waals surface area contributed by atoms with E-state index in [2.05, 4.69) is 35.1 Å². The average molecular weight is 272 g/mol. The van der Waals surface area contributed by atoms with Gasteiger partial charge in [-0.3, -0.25) is 0 Å². The molecule has 1 aliphatic rings. The molecule has 2 heterocycles. The van der Waals surface area contributed by atoms with Gasteiger partial charge < -0.3 is 10.2 Å². The lowest BCUT2D eigenvalue weighted by molar-refractivity contribution is 0.367. The molecule has 0 saturated carbocycles. The van der Waals surface area contributed by atoms with Crippen LogP contribution in [0, 0.1) is 24.2 Å². The maximum absolute atomic E-state index is 9.41. The first-order valence-electron chi connectivity index (χ1n) is 7.46. The van der Waals surface area contributed by atoms with Crippen LogP contribution in [0.25, 0.3) is 0 Å². The van der Waals surface area contributed by atoms with Crippen LogP contribution in [0.2, 0.25) is 0 Å². The fourth-order valence-corrected chi connectivity index (χ4v) is 2.78. The quantitative estimate of drug-likeness (QED) is 0.915. The third-order valence-electron chi connectivity index (χ3n) is 4.06. The number of hydrogen-bond donors (Lipinski definition) is 1. The van der Waals surface area contributed by atoms with Crippen LogP contribution in [0.4, 0.5) is 5.82 Å². The topological polar surface area (TPSA) is 52.0 Å². The Labute approximate surface area is 121 Å². The maximum Gasteiger partial charge on any atom is 0.146 e. The van der Waals surface area contributed by atoms with Crippen molar-refractivity contribution in [1.29, 1.82) is 5.26 Å². The molecule has 0 unspecified atom stereocenters. The van der Waals surface area contributed by atoms with E-state index in [9.17, 15) is 5.26 Å². The summed E-state index contributed by atoms with van der Waals surface area (Å²) in [5.74, 6) is 1.54. The Balaban J connectivity index is 2.24. The monoisotopic (exact) mass is 272 g/mol. The van der Waals surface area contributed by atoms with E-state index in [0.717, 1.165) is 36.6 Å². The van der Waals surface area contributed by atoms with Gasteiger partial charge >= 0.3 is 0 Å². The van der Waals surface area contributed by atoms with Crippen molar-refractivity contribution < 1.29 is 0 Å². The molecule has 20 heavy (non-hydrogen) atoms. The van der Waals surface area contributed by atoms with Crippen LogP contribution < -0.4 is 10.2 Å². The van der Waals surface area contributed by atoms with Crippen molar-refractivity contribution in [1.82, 2.24) is 10.3 Å². The van der Waals surface area contributed by atoms with Gasteiger partial charge in [-0.15, -0.1) is 0 Å². The molecule has 2 rings (SSSR count). The second kappa shape index (κ2) is 6.71. The maximum atomic E-state index is 9.41. The number of rotatable bonds is 4. The zero-order valence-electron chi connectivity index (χ0n) is 12.7. The van der Waals surface area contributed by atoms with E-state index in [-0.39, 0.29) is 0 Å². The summed E-state index contributed by atoms with van der Waals surface area (Å²) in [5, 5.41) is 12.8. The Hall–Kier alpha value is -1.60. The molecule has 0 radical (unpaired) electrons. The minimum absolute atomic E-state index is 0.353. The molecule has 1 aromatic rings. The van der Waals surface area contributed by atoms with Crippen molar-refractivity contribution in [3.8, 4) is 6.07 Å². The Bertz CT molecular complexity index is 484. The second-order valence-corrected chi connectivity index (χ2v) is 5.88. The van der Waals surface area contributed by atoms with Crippen LogP contribution in [-0.2, 0) is 0 Å². The van der Waals surface area contributed by atoms with Crippen molar-refractivity contribution in [2.24, 2.45) is 5.92 Å². The highest BCUT2D eigenvalue weighted by Crippen LogP contribution is 2.25. The van der Waals surface area contributed by atoms with Gasteiger partial charge in [-0.05, 0) is 64.3 Å². The highest BCUT2D eigenvalue weighted by atomic mass is 15.2. The van der Waals surface area contributed by atoms with Crippen LogP contribution in [0.15, 0.2) is 12.3 Å². The molecule has 0 aliphatic carbocycles. The number of piperidine rings is 1. The number of aryl methyl sites for hydroxylation is 1. The summed E-state index contributed by atoms with van der Waals surface area (Å²) >= 11 is 0. The summed E-state index contributed by atoms with van der Waals surface area (Å²) in [5.41, 5.74) is 1.73. The first kappa shape index (κ1) is 14.8. The normalized spacial score (nSPS) is 16.1. The summed E-state index contributed by atoms with van der Waals surface area (Å²) in [6.45, 7) is 9.52. The fraction of sp³-hybridized carbons (Fsp3) is 0.625. The highest BCUT2D eigenvalue weighted by molar-refractivity contribution is 5.57. The number of pyridine rings is 1. The molecule has 0 atom stereocenters. The van der Waals surface area contributed by atoms with Gasteiger partial charge in [-0.1, -0.05) is 0 Å². The summed E-state index contributed by atoms with van der Waals surface area (Å²) < 4.78 is 0. The molecule has 4 nitrogen and oxygen atoms in total. The second-order valence-electron chi connectivity index (χ2n) is 5.88. The summed E-state index contributed by atoms with van der Waals surface area (Å²) in [6.07, 6.45) is 4.22. The van der Waals surface area contributed by atoms with Crippen LogP contribution in [-0.4, -0.2) is 30.7 Å². The lowest BCUT2D eigenvalue weighted by atomic mass is 9.96. The van der Waals surface area contributed by atoms with Gasteiger partial charge in [0, 0.05) is 18.8 Å². The van der Waals surface area contributed by atoms with E-state index in [1.807, 2.05) is 19.2 Å². The van der Waals surface area contributed by atoms with Crippen molar-refractivity contribution in [2.45, 2.75) is 39.7 Å². The highest BCUT2D eigenvalue weighted by Gasteiger charge is 2.22. The van der Waals surface area contributed by atoms with Gasteiger partial charge in [-0.25, -0.2) is 4.98 Å². The standard InChI is InChI=1S/C16H24N4/c1-12(2)20(11-14-5-7-18-8-6-14)16-15(10-17)13(3)4-9-19-16/h4,9,12,14,18H,5-8,11H2,1-3H3. The number of nitrogens with zero attached hydrogens (tertiary/aromatic N) is 3. The molecule has 1 saturated heterocycles. The van der Waals surface area contributed by atoms with Crippen molar-refractivity contribution in [3.63, 3.8) is 0 Å². The number of nitriles is 1. The van der Waals surface area contributed by atoms with Gasteiger partial charge in [0.05, 0.1) is 5.56 Å². The van der Waals surface area contributed by atoms with E-state index in [1.165, 1.54) is 12.8 Å². The minimum atomic E-state index is 0.353. The van der Waals surface area contributed by atoms with Crippen LogP contribution in [0.5, 0.6) is 0 Å². The van der Waals surface area contributed by atoms with Gasteiger partial charge in [0.1, 0.15) is 11.9 Å². The Morgan fingerprint density at radius 1 is 1.45 bits per heavy atom. The molecule has 0 bridgehead atoms. The Kier molecular flexibility index (Phi) is 4.97. The third-order valence-corrected chi connectivity index (χ3v) is 4.06. The predicted molar refractivity (Wildman–Crippen MR) is 81.8 cm³/mol. The molecular weight excluding hydrogens is 248 g/mol. The Morgan fingerprint density at radius 2 is 2.15 bits per heavy atom. The lowest BCUT2D eigenvalue weighted by Crippen LogP contribution is -2.40. The van der Waals surface area contributed by atoms with Gasteiger partial charge in [0.2, 0.25) is 0 Å². The third kappa shape index (κ3) is 3.29. The lowest BCUT2D eigenvalue weighted by Gasteiger charge is -2.34. The summed E-state index contributed by atoms with van der Waals surface area (Å²) in [4.78, 5) is 6.78. The Morgan fingerprint density at radius 3 is 2.75 bits per heavy atom. The largest absolute Gasteiger partial charge is 0.353 e. The van der Waals surface area contributed by atoms with E-state index in [0.29, 0.717) is 12.0 Å². The molecule has 1 aromatic heterocycles. The van der Waals surface area contributed by atoms with E-state index in [4.69, 9.17) is 0 Å². The summed E-state index contributed by atoms with van der Waals surface area (Å²) in [6, 6.07) is 4.58. The number of aromatic nitrogens is 1. The predicted octanol–water partition coefficient (Wildman–Crippen LogP) is 2.48. The van der Waals surface area contributed by atoms with Gasteiger partial charge in [-0.2, -0.15) is 5.26 Å².